The van der Waals surface area contributed by atoms with E-state index < -0.39 is 27.6 Å². The zero-order chi connectivity index (χ0) is 19.7. The molecule has 2 aromatic carbocycles. The van der Waals surface area contributed by atoms with Crippen molar-refractivity contribution in [1.82, 2.24) is 9.21 Å². The highest BCUT2D eigenvalue weighted by Crippen LogP contribution is 2.30. The number of halogens is 4. The van der Waals surface area contributed by atoms with Crippen molar-refractivity contribution < 1.29 is 26.0 Å². The van der Waals surface area contributed by atoms with Gasteiger partial charge < -0.3 is 0 Å². The highest BCUT2D eigenvalue weighted by Gasteiger charge is 2.31. The summed E-state index contributed by atoms with van der Waals surface area (Å²) in [5.74, 6) is -0.514. The zero-order valence-corrected chi connectivity index (χ0v) is 15.1. The summed E-state index contributed by atoms with van der Waals surface area (Å²) in [5, 5.41) is 0. The fraction of sp³-hybridized carbons (Fsp3) is 0.333. The second kappa shape index (κ2) is 7.57. The molecule has 4 nitrogen and oxygen atoms in total. The highest BCUT2D eigenvalue weighted by atomic mass is 32.2. The van der Waals surface area contributed by atoms with Gasteiger partial charge >= 0.3 is 6.18 Å². The Hall–Kier alpha value is -1.97. The molecule has 0 atom stereocenters. The number of hydrogen-bond acceptors (Lipinski definition) is 3. The van der Waals surface area contributed by atoms with Crippen molar-refractivity contribution in [2.45, 2.75) is 17.6 Å². The first kappa shape index (κ1) is 19.8. The van der Waals surface area contributed by atoms with Crippen LogP contribution < -0.4 is 0 Å². The van der Waals surface area contributed by atoms with Crippen molar-refractivity contribution >= 4 is 10.0 Å². The smallest absolute Gasteiger partial charge is 0.296 e. The summed E-state index contributed by atoms with van der Waals surface area (Å²) < 4.78 is 77.9. The molecule has 1 aliphatic heterocycles. The molecule has 0 bridgehead atoms. The number of sulfonamides is 1. The second-order valence-corrected chi connectivity index (χ2v) is 8.27. The van der Waals surface area contributed by atoms with Gasteiger partial charge in [-0.15, -0.1) is 0 Å². The van der Waals surface area contributed by atoms with Gasteiger partial charge in [-0.3, -0.25) is 4.90 Å². The van der Waals surface area contributed by atoms with Crippen molar-refractivity contribution in [1.29, 1.82) is 0 Å². The van der Waals surface area contributed by atoms with Gasteiger partial charge in [0.25, 0.3) is 0 Å². The number of rotatable bonds is 4. The van der Waals surface area contributed by atoms with E-state index in [0.717, 1.165) is 24.3 Å². The van der Waals surface area contributed by atoms with Crippen LogP contribution in [-0.4, -0.2) is 43.8 Å². The Morgan fingerprint density at radius 2 is 1.56 bits per heavy atom. The Kier molecular flexibility index (Phi) is 5.55. The molecule has 0 unspecified atom stereocenters. The van der Waals surface area contributed by atoms with Gasteiger partial charge in [0.2, 0.25) is 10.0 Å². The lowest BCUT2D eigenvalue weighted by atomic mass is 10.1. The predicted octanol–water partition coefficient (Wildman–Crippen LogP) is 3.35. The Bertz CT molecular complexity index is 890. The third kappa shape index (κ3) is 4.66. The molecule has 2 aromatic rings. The van der Waals surface area contributed by atoms with Crippen molar-refractivity contribution in [2.75, 3.05) is 26.2 Å². The van der Waals surface area contributed by atoms with Gasteiger partial charge in [0.1, 0.15) is 5.82 Å². The first-order valence-corrected chi connectivity index (χ1v) is 9.74. The van der Waals surface area contributed by atoms with Gasteiger partial charge in [0.15, 0.2) is 0 Å². The van der Waals surface area contributed by atoms with Gasteiger partial charge in [-0.25, -0.2) is 12.8 Å². The first-order valence-electron chi connectivity index (χ1n) is 8.30. The molecule has 1 aliphatic rings. The van der Waals surface area contributed by atoms with E-state index in [1.807, 2.05) is 4.90 Å². The fourth-order valence-electron chi connectivity index (χ4n) is 2.99. The molecule has 1 heterocycles. The number of benzene rings is 2. The van der Waals surface area contributed by atoms with E-state index in [2.05, 4.69) is 0 Å². The summed E-state index contributed by atoms with van der Waals surface area (Å²) in [7, 11) is -3.71. The highest BCUT2D eigenvalue weighted by molar-refractivity contribution is 7.89. The topological polar surface area (TPSA) is 40.6 Å². The lowest BCUT2D eigenvalue weighted by Gasteiger charge is -2.34. The van der Waals surface area contributed by atoms with E-state index in [9.17, 15) is 26.0 Å². The standard InChI is InChI=1S/C18H18F4N2O2S/c19-16-4-6-17(7-5-16)27(25,26)24-10-8-23(9-11-24)13-14-2-1-3-15(12-14)18(20,21)22/h1-7,12H,8-11,13H2. The van der Waals surface area contributed by atoms with Gasteiger partial charge in [0, 0.05) is 32.7 Å². The summed E-state index contributed by atoms with van der Waals surface area (Å²) in [6.07, 6.45) is -4.39. The van der Waals surface area contributed by atoms with E-state index in [1.165, 1.54) is 22.5 Å². The molecule has 1 saturated heterocycles. The Labute approximate surface area is 155 Å². The monoisotopic (exact) mass is 402 g/mol. The molecule has 0 amide bonds. The third-order valence-corrected chi connectivity index (χ3v) is 6.36. The minimum Gasteiger partial charge on any atom is -0.296 e. The molecule has 0 aromatic heterocycles. The van der Waals surface area contributed by atoms with Gasteiger partial charge in [-0.2, -0.15) is 17.5 Å². The second-order valence-electron chi connectivity index (χ2n) is 6.33. The molecule has 0 aliphatic carbocycles. The molecule has 0 saturated carbocycles. The van der Waals surface area contributed by atoms with Crippen LogP contribution in [0.1, 0.15) is 11.1 Å². The molecule has 9 heteroatoms. The van der Waals surface area contributed by atoms with Crippen molar-refractivity contribution in [3.05, 3.63) is 65.5 Å². The predicted molar refractivity (Wildman–Crippen MR) is 91.9 cm³/mol. The lowest BCUT2D eigenvalue weighted by molar-refractivity contribution is -0.137. The van der Waals surface area contributed by atoms with Crippen LogP contribution in [0, 0.1) is 5.82 Å². The first-order chi connectivity index (χ1) is 12.7. The summed E-state index contributed by atoms with van der Waals surface area (Å²) >= 11 is 0. The summed E-state index contributed by atoms with van der Waals surface area (Å²) in [6.45, 7) is 1.55. The van der Waals surface area contributed by atoms with Crippen LogP contribution >= 0.6 is 0 Å². The lowest BCUT2D eigenvalue weighted by Crippen LogP contribution is -2.48. The van der Waals surface area contributed by atoms with Gasteiger partial charge in [0.05, 0.1) is 10.5 Å². The molecule has 27 heavy (non-hydrogen) atoms. The quantitative estimate of drug-likeness (QED) is 0.737. The fourth-order valence-corrected chi connectivity index (χ4v) is 4.41. The number of piperazine rings is 1. The zero-order valence-electron chi connectivity index (χ0n) is 14.3. The number of alkyl halides is 3. The summed E-state index contributed by atoms with van der Waals surface area (Å²) in [5.41, 5.74) is -0.169. The van der Waals surface area contributed by atoms with Crippen molar-refractivity contribution in [3.8, 4) is 0 Å². The molecule has 146 valence electrons. The Balaban J connectivity index is 1.63. The number of hydrogen-bond donors (Lipinski definition) is 0. The van der Waals surface area contributed by atoms with Gasteiger partial charge in [-0.1, -0.05) is 18.2 Å². The van der Waals surface area contributed by atoms with E-state index in [0.29, 0.717) is 25.2 Å². The van der Waals surface area contributed by atoms with Crippen molar-refractivity contribution in [2.24, 2.45) is 0 Å². The maximum absolute atomic E-state index is 13.0. The van der Waals surface area contributed by atoms with E-state index >= 15 is 0 Å². The van der Waals surface area contributed by atoms with Crippen LogP contribution in [0.25, 0.3) is 0 Å². The summed E-state index contributed by atoms with van der Waals surface area (Å²) in [6, 6.07) is 9.76. The molecule has 0 spiro atoms. The third-order valence-electron chi connectivity index (χ3n) is 4.44. The molecule has 3 rings (SSSR count). The maximum atomic E-state index is 13.0. The minimum atomic E-state index is -4.39. The van der Waals surface area contributed by atoms with E-state index in [4.69, 9.17) is 0 Å². The van der Waals surface area contributed by atoms with Crippen molar-refractivity contribution in [3.63, 3.8) is 0 Å². The van der Waals surface area contributed by atoms with Crippen LogP contribution in [0.2, 0.25) is 0 Å². The van der Waals surface area contributed by atoms with Crippen LogP contribution in [0.4, 0.5) is 17.6 Å². The molecular formula is C18H18F4N2O2S. The van der Waals surface area contributed by atoms with Crippen LogP contribution in [-0.2, 0) is 22.7 Å². The van der Waals surface area contributed by atoms with Gasteiger partial charge in [-0.05, 0) is 35.9 Å². The normalized spacial score (nSPS) is 17.2. The van der Waals surface area contributed by atoms with E-state index in [1.54, 1.807) is 6.07 Å². The number of nitrogens with zero attached hydrogens (tertiary/aromatic N) is 2. The molecule has 0 radical (unpaired) electrons. The maximum Gasteiger partial charge on any atom is 0.416 e. The van der Waals surface area contributed by atoms with E-state index in [-0.39, 0.29) is 18.0 Å². The SMILES string of the molecule is O=S(=O)(c1ccc(F)cc1)N1CCN(Cc2cccc(C(F)(F)F)c2)CC1. The minimum absolute atomic E-state index is 0.0234. The largest absolute Gasteiger partial charge is 0.416 e. The van der Waals surface area contributed by atoms with Crippen LogP contribution in [0.15, 0.2) is 53.4 Å². The Morgan fingerprint density at radius 3 is 2.15 bits per heavy atom. The Morgan fingerprint density at radius 1 is 0.926 bits per heavy atom. The van der Waals surface area contributed by atoms with Crippen LogP contribution in [0.5, 0.6) is 0 Å². The molecule has 0 N–H and O–H groups in total. The average molecular weight is 402 g/mol. The summed E-state index contributed by atoms with van der Waals surface area (Å²) in [4.78, 5) is 1.93. The van der Waals surface area contributed by atoms with Crippen LogP contribution in [0.3, 0.4) is 0 Å². The molecular weight excluding hydrogens is 384 g/mol. The molecule has 1 fully saturated rings. The average Bonchev–Trinajstić information content (AvgIpc) is 2.62.